The molecular formula is C23H19ClN2O4S. The predicted octanol–water partition coefficient (Wildman–Crippen LogP) is 5.12. The lowest BCUT2D eigenvalue weighted by Gasteiger charge is -2.19. The standard InChI is InChI=1S/C23H19ClN2O4S/c1-13-6-8-17(29-2)15(11-13)25-21-20(19-5-4-10-31-19)22(27)26(23(21)28)16-12-14(24)7-9-18(16)30-3/h4-12,25H,1-3H3. The third kappa shape index (κ3) is 3.78. The number of rotatable bonds is 6. The van der Waals surface area contributed by atoms with Crippen LogP contribution in [-0.2, 0) is 9.59 Å². The maximum absolute atomic E-state index is 13.5. The van der Waals surface area contributed by atoms with Crippen LogP contribution in [0.1, 0.15) is 10.4 Å². The van der Waals surface area contributed by atoms with Gasteiger partial charge in [-0.05, 0) is 54.3 Å². The van der Waals surface area contributed by atoms with Crippen molar-refractivity contribution in [3.63, 3.8) is 0 Å². The van der Waals surface area contributed by atoms with Crippen molar-refractivity contribution in [3.8, 4) is 11.5 Å². The average molecular weight is 455 g/mol. The van der Waals surface area contributed by atoms with E-state index in [-0.39, 0.29) is 17.0 Å². The first-order chi connectivity index (χ1) is 14.9. The summed E-state index contributed by atoms with van der Waals surface area (Å²) < 4.78 is 10.8. The number of anilines is 2. The summed E-state index contributed by atoms with van der Waals surface area (Å²) in [7, 11) is 3.03. The number of imide groups is 1. The molecule has 0 bridgehead atoms. The Morgan fingerprint density at radius 3 is 2.39 bits per heavy atom. The average Bonchev–Trinajstić information content (AvgIpc) is 3.35. The molecule has 1 N–H and O–H groups in total. The zero-order valence-corrected chi connectivity index (χ0v) is 18.6. The number of amides is 2. The lowest BCUT2D eigenvalue weighted by atomic mass is 10.1. The summed E-state index contributed by atoms with van der Waals surface area (Å²) in [5.41, 5.74) is 2.30. The fourth-order valence-electron chi connectivity index (χ4n) is 3.41. The molecule has 0 saturated heterocycles. The molecule has 0 fully saturated rings. The monoisotopic (exact) mass is 454 g/mol. The van der Waals surface area contributed by atoms with Crippen LogP contribution in [0.15, 0.2) is 59.6 Å². The summed E-state index contributed by atoms with van der Waals surface area (Å²) in [5, 5.41) is 5.39. The van der Waals surface area contributed by atoms with Crippen molar-refractivity contribution in [1.29, 1.82) is 0 Å². The fraction of sp³-hybridized carbons (Fsp3) is 0.130. The maximum atomic E-state index is 13.5. The summed E-state index contributed by atoms with van der Waals surface area (Å²) in [6, 6.07) is 14.0. The molecule has 0 spiro atoms. The first-order valence-electron chi connectivity index (χ1n) is 9.36. The van der Waals surface area contributed by atoms with Crippen molar-refractivity contribution in [2.45, 2.75) is 6.92 Å². The Labute approximate surface area is 188 Å². The van der Waals surface area contributed by atoms with Gasteiger partial charge < -0.3 is 14.8 Å². The third-order valence-electron chi connectivity index (χ3n) is 4.85. The number of thiophene rings is 1. The molecule has 3 aromatic rings. The minimum atomic E-state index is -0.502. The van der Waals surface area contributed by atoms with Crippen LogP contribution in [0, 0.1) is 6.92 Å². The van der Waals surface area contributed by atoms with Gasteiger partial charge in [0.15, 0.2) is 0 Å². The summed E-state index contributed by atoms with van der Waals surface area (Å²) in [6.45, 7) is 1.93. The Kier molecular flexibility index (Phi) is 5.71. The molecule has 1 aromatic heterocycles. The molecule has 0 aliphatic carbocycles. The molecule has 31 heavy (non-hydrogen) atoms. The minimum absolute atomic E-state index is 0.165. The number of carbonyl (C=O) groups excluding carboxylic acids is 2. The molecule has 2 heterocycles. The third-order valence-corrected chi connectivity index (χ3v) is 5.97. The molecule has 8 heteroatoms. The van der Waals surface area contributed by atoms with Gasteiger partial charge in [0.25, 0.3) is 11.8 Å². The number of methoxy groups -OCH3 is 2. The Balaban J connectivity index is 1.86. The second-order valence-electron chi connectivity index (χ2n) is 6.82. The second kappa shape index (κ2) is 8.45. The van der Waals surface area contributed by atoms with Gasteiger partial charge in [0.05, 0.1) is 31.2 Å². The van der Waals surface area contributed by atoms with Gasteiger partial charge in [-0.2, -0.15) is 0 Å². The number of aryl methyl sites for hydroxylation is 1. The minimum Gasteiger partial charge on any atom is -0.495 e. The van der Waals surface area contributed by atoms with Crippen LogP contribution in [0.3, 0.4) is 0 Å². The van der Waals surface area contributed by atoms with Crippen LogP contribution in [0.25, 0.3) is 5.57 Å². The first-order valence-corrected chi connectivity index (χ1v) is 10.6. The Morgan fingerprint density at radius 2 is 1.71 bits per heavy atom. The van der Waals surface area contributed by atoms with Gasteiger partial charge in [-0.3, -0.25) is 9.59 Å². The largest absolute Gasteiger partial charge is 0.495 e. The molecule has 4 rings (SSSR count). The van der Waals surface area contributed by atoms with Crippen molar-refractivity contribution in [2.24, 2.45) is 0 Å². The maximum Gasteiger partial charge on any atom is 0.282 e. The Morgan fingerprint density at radius 1 is 0.968 bits per heavy atom. The quantitative estimate of drug-likeness (QED) is 0.523. The van der Waals surface area contributed by atoms with E-state index in [9.17, 15) is 9.59 Å². The van der Waals surface area contributed by atoms with Crippen molar-refractivity contribution in [3.05, 3.63) is 75.1 Å². The number of nitrogens with one attached hydrogen (secondary N) is 1. The Bertz CT molecular complexity index is 1200. The zero-order chi connectivity index (χ0) is 22.1. The van der Waals surface area contributed by atoms with Crippen LogP contribution < -0.4 is 19.7 Å². The highest BCUT2D eigenvalue weighted by atomic mass is 35.5. The van der Waals surface area contributed by atoms with E-state index in [2.05, 4.69) is 5.32 Å². The highest BCUT2D eigenvalue weighted by Gasteiger charge is 2.42. The number of halogens is 1. The van der Waals surface area contributed by atoms with E-state index in [1.807, 2.05) is 36.6 Å². The number of benzene rings is 2. The van der Waals surface area contributed by atoms with E-state index in [1.54, 1.807) is 31.4 Å². The van der Waals surface area contributed by atoms with Crippen LogP contribution >= 0.6 is 22.9 Å². The Hall–Kier alpha value is -3.29. The normalized spacial score (nSPS) is 13.7. The summed E-state index contributed by atoms with van der Waals surface area (Å²) in [4.78, 5) is 28.8. The van der Waals surface area contributed by atoms with Crippen LogP contribution in [0.5, 0.6) is 11.5 Å². The van der Waals surface area contributed by atoms with Crippen molar-refractivity contribution in [1.82, 2.24) is 0 Å². The van der Waals surface area contributed by atoms with Crippen LogP contribution in [-0.4, -0.2) is 26.0 Å². The van der Waals surface area contributed by atoms with Gasteiger partial charge in [-0.25, -0.2) is 4.90 Å². The van der Waals surface area contributed by atoms with Gasteiger partial charge in [-0.1, -0.05) is 23.7 Å². The van der Waals surface area contributed by atoms with Crippen LogP contribution in [0.4, 0.5) is 11.4 Å². The SMILES string of the molecule is COc1ccc(C)cc1NC1=C(c2cccs2)C(=O)N(c2cc(Cl)ccc2OC)C1=O. The topological polar surface area (TPSA) is 67.9 Å². The van der Waals surface area contributed by atoms with Gasteiger partial charge in [0, 0.05) is 9.90 Å². The molecule has 0 unspecified atom stereocenters. The molecule has 2 amide bonds. The summed E-state index contributed by atoms with van der Waals surface area (Å²) >= 11 is 7.54. The van der Waals surface area contributed by atoms with E-state index < -0.39 is 11.8 Å². The number of ether oxygens (including phenoxy) is 2. The molecule has 2 aromatic carbocycles. The molecule has 0 atom stereocenters. The second-order valence-corrected chi connectivity index (χ2v) is 8.20. The van der Waals surface area contributed by atoms with E-state index in [0.717, 1.165) is 10.5 Å². The number of nitrogens with zero attached hydrogens (tertiary/aromatic N) is 1. The highest BCUT2D eigenvalue weighted by molar-refractivity contribution is 7.11. The molecular weight excluding hydrogens is 436 g/mol. The number of carbonyl (C=O) groups is 2. The van der Waals surface area contributed by atoms with Crippen molar-refractivity contribution < 1.29 is 19.1 Å². The van der Waals surface area contributed by atoms with Gasteiger partial charge in [0.2, 0.25) is 0 Å². The molecule has 158 valence electrons. The van der Waals surface area contributed by atoms with Crippen LogP contribution in [0.2, 0.25) is 5.02 Å². The lowest BCUT2D eigenvalue weighted by Crippen LogP contribution is -2.32. The van der Waals surface area contributed by atoms with Gasteiger partial charge >= 0.3 is 0 Å². The summed E-state index contributed by atoms with van der Waals surface area (Å²) in [6.07, 6.45) is 0. The molecule has 0 saturated carbocycles. The highest BCUT2D eigenvalue weighted by Crippen LogP contribution is 2.40. The van der Waals surface area contributed by atoms with Gasteiger partial charge in [-0.15, -0.1) is 11.3 Å². The first kappa shape index (κ1) is 21.0. The fourth-order valence-corrected chi connectivity index (χ4v) is 4.34. The molecule has 1 aliphatic rings. The molecule has 0 radical (unpaired) electrons. The summed E-state index contributed by atoms with van der Waals surface area (Å²) in [5.74, 6) is -0.0339. The van der Waals surface area contributed by atoms with Crippen molar-refractivity contribution in [2.75, 3.05) is 24.4 Å². The molecule has 1 aliphatic heterocycles. The van der Waals surface area contributed by atoms with E-state index in [0.29, 0.717) is 27.1 Å². The zero-order valence-electron chi connectivity index (χ0n) is 17.1. The number of hydrogen-bond donors (Lipinski definition) is 1. The predicted molar refractivity (Wildman–Crippen MR) is 123 cm³/mol. The number of hydrogen-bond acceptors (Lipinski definition) is 6. The lowest BCUT2D eigenvalue weighted by molar-refractivity contribution is -0.120. The smallest absolute Gasteiger partial charge is 0.282 e. The molecule has 6 nitrogen and oxygen atoms in total. The van der Waals surface area contributed by atoms with E-state index in [4.69, 9.17) is 21.1 Å². The van der Waals surface area contributed by atoms with Gasteiger partial charge in [0.1, 0.15) is 17.2 Å². The van der Waals surface area contributed by atoms with E-state index >= 15 is 0 Å². The van der Waals surface area contributed by atoms with Crippen molar-refractivity contribution >= 4 is 51.7 Å². The van der Waals surface area contributed by atoms with E-state index in [1.165, 1.54) is 18.4 Å².